The van der Waals surface area contributed by atoms with Gasteiger partial charge in [-0.25, -0.2) is 0 Å². The van der Waals surface area contributed by atoms with Crippen LogP contribution in [-0.2, 0) is 11.8 Å². The first kappa shape index (κ1) is 17.8. The molecule has 0 fully saturated rings. The van der Waals surface area contributed by atoms with Crippen LogP contribution in [0.4, 0.5) is 0 Å². The number of hydrogen-bond donors (Lipinski definition) is 0. The van der Waals surface area contributed by atoms with Crippen molar-refractivity contribution in [2.75, 3.05) is 26.5 Å². The standard InChI is InChI=1S/C16H19N5O2S/c1-20(10-4-9-17)14(22)11-24-16-19-18-15(21(16)2)12-5-7-13(23-3)8-6-12/h5-8H,4,10-11H2,1-3H3. The molecule has 0 aliphatic carbocycles. The number of benzene rings is 1. The van der Waals surface area contributed by atoms with Crippen LogP contribution in [0.2, 0.25) is 0 Å². The van der Waals surface area contributed by atoms with Gasteiger partial charge >= 0.3 is 0 Å². The highest BCUT2D eigenvalue weighted by atomic mass is 32.2. The maximum absolute atomic E-state index is 12.0. The summed E-state index contributed by atoms with van der Waals surface area (Å²) in [5.74, 6) is 1.73. The van der Waals surface area contributed by atoms with Crippen LogP contribution in [0.15, 0.2) is 29.4 Å². The lowest BCUT2D eigenvalue weighted by atomic mass is 10.2. The molecule has 126 valence electrons. The third kappa shape index (κ3) is 4.26. The predicted molar refractivity (Wildman–Crippen MR) is 91.6 cm³/mol. The number of aromatic nitrogens is 3. The Bertz CT molecular complexity index is 736. The van der Waals surface area contributed by atoms with Gasteiger partial charge in [0.25, 0.3) is 0 Å². The van der Waals surface area contributed by atoms with Crippen molar-refractivity contribution in [1.29, 1.82) is 5.26 Å². The van der Waals surface area contributed by atoms with E-state index in [0.717, 1.165) is 17.1 Å². The minimum Gasteiger partial charge on any atom is -0.497 e. The average Bonchev–Trinajstić information content (AvgIpc) is 2.98. The summed E-state index contributed by atoms with van der Waals surface area (Å²) >= 11 is 1.33. The molecule has 0 aliphatic heterocycles. The second-order valence-electron chi connectivity index (χ2n) is 5.11. The average molecular weight is 345 g/mol. The minimum atomic E-state index is -0.0377. The maximum Gasteiger partial charge on any atom is 0.232 e. The molecule has 0 spiro atoms. The van der Waals surface area contributed by atoms with Gasteiger partial charge in [-0.2, -0.15) is 5.26 Å². The molecule has 7 nitrogen and oxygen atoms in total. The Morgan fingerprint density at radius 1 is 1.38 bits per heavy atom. The molecule has 1 aromatic heterocycles. The van der Waals surface area contributed by atoms with Gasteiger partial charge < -0.3 is 14.2 Å². The molecular weight excluding hydrogens is 326 g/mol. The van der Waals surface area contributed by atoms with Gasteiger partial charge in [0.1, 0.15) is 5.75 Å². The van der Waals surface area contributed by atoms with Crippen LogP contribution in [0.5, 0.6) is 5.75 Å². The van der Waals surface area contributed by atoms with Gasteiger partial charge in [0.05, 0.1) is 25.4 Å². The SMILES string of the molecule is COc1ccc(-c2nnc(SCC(=O)N(C)CCC#N)n2C)cc1. The van der Waals surface area contributed by atoms with E-state index in [1.165, 1.54) is 11.8 Å². The van der Waals surface area contributed by atoms with E-state index in [1.54, 1.807) is 19.1 Å². The molecule has 2 rings (SSSR count). The zero-order valence-electron chi connectivity index (χ0n) is 13.9. The maximum atomic E-state index is 12.0. The molecule has 0 saturated carbocycles. The molecule has 1 heterocycles. The number of carbonyl (C=O) groups is 1. The molecule has 1 aromatic carbocycles. The largest absolute Gasteiger partial charge is 0.497 e. The molecule has 0 bridgehead atoms. The molecule has 0 saturated heterocycles. The van der Waals surface area contributed by atoms with E-state index in [4.69, 9.17) is 10.00 Å². The Balaban J connectivity index is 2.02. The number of ether oxygens (including phenoxy) is 1. The fraction of sp³-hybridized carbons (Fsp3) is 0.375. The summed E-state index contributed by atoms with van der Waals surface area (Å²) in [7, 11) is 5.18. The fourth-order valence-corrected chi connectivity index (χ4v) is 2.86. The summed E-state index contributed by atoms with van der Waals surface area (Å²) in [6.45, 7) is 0.436. The lowest BCUT2D eigenvalue weighted by molar-refractivity contribution is -0.127. The number of rotatable bonds is 7. The van der Waals surface area contributed by atoms with Gasteiger partial charge in [0.2, 0.25) is 5.91 Å². The van der Waals surface area contributed by atoms with Gasteiger partial charge in [-0.15, -0.1) is 10.2 Å². The second-order valence-corrected chi connectivity index (χ2v) is 6.05. The van der Waals surface area contributed by atoms with Crippen LogP contribution in [0.1, 0.15) is 6.42 Å². The van der Waals surface area contributed by atoms with Crippen molar-refractivity contribution >= 4 is 17.7 Å². The highest BCUT2D eigenvalue weighted by Gasteiger charge is 2.14. The van der Waals surface area contributed by atoms with Crippen molar-refractivity contribution < 1.29 is 9.53 Å². The van der Waals surface area contributed by atoms with Crippen LogP contribution in [-0.4, -0.2) is 52.0 Å². The zero-order chi connectivity index (χ0) is 17.5. The molecule has 0 N–H and O–H groups in total. The normalized spacial score (nSPS) is 10.2. The summed E-state index contributed by atoms with van der Waals surface area (Å²) in [5, 5.41) is 17.6. The Morgan fingerprint density at radius 3 is 2.71 bits per heavy atom. The van der Waals surface area contributed by atoms with Gasteiger partial charge in [-0.1, -0.05) is 11.8 Å². The van der Waals surface area contributed by atoms with Crippen molar-refractivity contribution in [2.24, 2.45) is 7.05 Å². The van der Waals surface area contributed by atoms with Gasteiger partial charge in [-0.05, 0) is 24.3 Å². The molecule has 1 amide bonds. The van der Waals surface area contributed by atoms with Crippen molar-refractivity contribution in [1.82, 2.24) is 19.7 Å². The van der Waals surface area contributed by atoms with E-state index in [2.05, 4.69) is 10.2 Å². The van der Waals surface area contributed by atoms with E-state index in [9.17, 15) is 4.79 Å². The molecule has 0 atom stereocenters. The van der Waals surface area contributed by atoms with Crippen LogP contribution in [0, 0.1) is 11.3 Å². The van der Waals surface area contributed by atoms with Crippen LogP contribution in [0.25, 0.3) is 11.4 Å². The van der Waals surface area contributed by atoms with E-state index in [-0.39, 0.29) is 11.7 Å². The van der Waals surface area contributed by atoms with E-state index < -0.39 is 0 Å². The van der Waals surface area contributed by atoms with Crippen molar-refractivity contribution in [3.05, 3.63) is 24.3 Å². The summed E-state index contributed by atoms with van der Waals surface area (Å²) in [6.07, 6.45) is 0.332. The van der Waals surface area contributed by atoms with Gasteiger partial charge in [0.15, 0.2) is 11.0 Å². The van der Waals surface area contributed by atoms with Crippen LogP contribution >= 0.6 is 11.8 Å². The highest BCUT2D eigenvalue weighted by molar-refractivity contribution is 7.99. The highest BCUT2D eigenvalue weighted by Crippen LogP contribution is 2.24. The molecular formula is C16H19N5O2S. The second kappa shape index (κ2) is 8.36. The molecule has 2 aromatic rings. The minimum absolute atomic E-state index is 0.0377. The molecule has 0 aliphatic rings. The van der Waals surface area contributed by atoms with Gasteiger partial charge in [-0.3, -0.25) is 4.79 Å². The Hall–Kier alpha value is -2.53. The summed E-state index contributed by atoms with van der Waals surface area (Å²) in [6, 6.07) is 9.59. The first-order chi connectivity index (χ1) is 11.6. The summed E-state index contributed by atoms with van der Waals surface area (Å²) in [4.78, 5) is 13.6. The summed E-state index contributed by atoms with van der Waals surface area (Å²) in [5.41, 5.74) is 0.926. The Labute approximate surface area is 145 Å². The third-order valence-corrected chi connectivity index (χ3v) is 4.50. The third-order valence-electron chi connectivity index (χ3n) is 3.49. The van der Waals surface area contributed by atoms with E-state index in [0.29, 0.717) is 18.1 Å². The number of thioether (sulfide) groups is 1. The predicted octanol–water partition coefficient (Wildman–Crippen LogP) is 1.95. The first-order valence-corrected chi connectivity index (χ1v) is 8.33. The fourth-order valence-electron chi connectivity index (χ4n) is 2.01. The van der Waals surface area contributed by atoms with Gasteiger partial charge in [0, 0.05) is 26.2 Å². The Kier molecular flexibility index (Phi) is 6.21. The number of amides is 1. The molecule has 8 heteroatoms. The summed E-state index contributed by atoms with van der Waals surface area (Å²) < 4.78 is 7.00. The quantitative estimate of drug-likeness (QED) is 0.713. The van der Waals surface area contributed by atoms with E-state index in [1.807, 2.05) is 41.9 Å². The van der Waals surface area contributed by atoms with Crippen LogP contribution in [0.3, 0.4) is 0 Å². The lowest BCUT2D eigenvalue weighted by Crippen LogP contribution is -2.29. The number of nitrogens with zero attached hydrogens (tertiary/aromatic N) is 5. The number of methoxy groups -OCH3 is 1. The van der Waals surface area contributed by atoms with E-state index >= 15 is 0 Å². The topological polar surface area (TPSA) is 84.0 Å². The van der Waals surface area contributed by atoms with Crippen molar-refractivity contribution in [2.45, 2.75) is 11.6 Å². The molecule has 0 radical (unpaired) electrons. The monoisotopic (exact) mass is 345 g/mol. The Morgan fingerprint density at radius 2 is 2.08 bits per heavy atom. The smallest absolute Gasteiger partial charge is 0.232 e. The lowest BCUT2D eigenvalue weighted by Gasteiger charge is -2.14. The zero-order valence-corrected chi connectivity index (χ0v) is 14.7. The number of hydrogen-bond acceptors (Lipinski definition) is 6. The molecule has 0 unspecified atom stereocenters. The number of nitriles is 1. The number of carbonyl (C=O) groups excluding carboxylic acids is 1. The van der Waals surface area contributed by atoms with Crippen molar-refractivity contribution in [3.63, 3.8) is 0 Å². The molecule has 24 heavy (non-hydrogen) atoms. The first-order valence-electron chi connectivity index (χ1n) is 7.34. The van der Waals surface area contributed by atoms with Crippen molar-refractivity contribution in [3.8, 4) is 23.2 Å². The van der Waals surface area contributed by atoms with Crippen LogP contribution < -0.4 is 4.74 Å².